The molecular weight excluding hydrogens is 274 g/mol. The molecule has 0 rings (SSSR count). The van der Waals surface area contributed by atoms with Gasteiger partial charge in [-0.15, -0.1) is 0 Å². The molecule has 22 heavy (non-hydrogen) atoms. The molecule has 3 heteroatoms. The first-order valence-corrected chi connectivity index (χ1v) is 9.68. The minimum absolute atomic E-state index is 0.0768. The predicted molar refractivity (Wildman–Crippen MR) is 95.0 cm³/mol. The second kappa shape index (κ2) is 18.5. The molecule has 0 aromatic rings. The molecule has 0 spiro atoms. The second-order valence-corrected chi connectivity index (χ2v) is 6.42. The van der Waals surface area contributed by atoms with Crippen LogP contribution >= 0.6 is 0 Å². The van der Waals surface area contributed by atoms with Crippen molar-refractivity contribution >= 4 is 5.91 Å². The standard InChI is InChI=1S/C19H39NO2/c1-2-3-4-5-6-7-8-9-10-11-12-13-14-17-20-19(22)16-15-18-21/h21H,2-18H2,1H3,(H,20,22). The van der Waals surface area contributed by atoms with Crippen LogP contribution < -0.4 is 5.32 Å². The number of hydrogen-bond acceptors (Lipinski definition) is 2. The molecule has 0 aromatic heterocycles. The van der Waals surface area contributed by atoms with Crippen molar-refractivity contribution < 1.29 is 9.90 Å². The van der Waals surface area contributed by atoms with Crippen LogP contribution in [-0.4, -0.2) is 24.2 Å². The molecule has 0 bridgehead atoms. The highest BCUT2D eigenvalue weighted by atomic mass is 16.3. The molecule has 0 heterocycles. The van der Waals surface area contributed by atoms with E-state index >= 15 is 0 Å². The van der Waals surface area contributed by atoms with Gasteiger partial charge in [-0.25, -0.2) is 0 Å². The monoisotopic (exact) mass is 313 g/mol. The lowest BCUT2D eigenvalue weighted by atomic mass is 10.0. The third kappa shape index (κ3) is 17.5. The second-order valence-electron chi connectivity index (χ2n) is 6.42. The number of hydrogen-bond donors (Lipinski definition) is 2. The van der Waals surface area contributed by atoms with Gasteiger partial charge in [0.05, 0.1) is 0 Å². The van der Waals surface area contributed by atoms with Crippen LogP contribution in [0.15, 0.2) is 0 Å². The first-order chi connectivity index (χ1) is 10.8. The van der Waals surface area contributed by atoms with Gasteiger partial charge in [-0.2, -0.15) is 0 Å². The zero-order chi connectivity index (χ0) is 16.3. The van der Waals surface area contributed by atoms with E-state index in [0.29, 0.717) is 12.8 Å². The molecule has 0 aliphatic rings. The van der Waals surface area contributed by atoms with Crippen LogP contribution in [0.5, 0.6) is 0 Å². The van der Waals surface area contributed by atoms with Crippen LogP contribution in [0, 0.1) is 0 Å². The summed E-state index contributed by atoms with van der Waals surface area (Å²) in [5.41, 5.74) is 0. The molecule has 1 amide bonds. The normalized spacial score (nSPS) is 10.8. The largest absolute Gasteiger partial charge is 0.396 e. The summed E-state index contributed by atoms with van der Waals surface area (Å²) in [5.74, 6) is 0.0768. The number of nitrogens with one attached hydrogen (secondary N) is 1. The van der Waals surface area contributed by atoms with Crippen LogP contribution in [-0.2, 0) is 4.79 Å². The summed E-state index contributed by atoms with van der Waals surface area (Å²) in [7, 11) is 0. The van der Waals surface area contributed by atoms with Crippen LogP contribution in [0.1, 0.15) is 103 Å². The SMILES string of the molecule is CCCCCCCCCCCCCCCNC(=O)CCCO. The summed E-state index contributed by atoms with van der Waals surface area (Å²) >= 11 is 0. The summed E-state index contributed by atoms with van der Waals surface area (Å²) in [6.45, 7) is 3.17. The average molecular weight is 314 g/mol. The van der Waals surface area contributed by atoms with Gasteiger partial charge in [0.1, 0.15) is 0 Å². The molecule has 0 saturated carbocycles. The van der Waals surface area contributed by atoms with E-state index in [-0.39, 0.29) is 12.5 Å². The minimum Gasteiger partial charge on any atom is -0.396 e. The Balaban J connectivity index is 3.04. The first-order valence-electron chi connectivity index (χ1n) is 9.68. The van der Waals surface area contributed by atoms with Gasteiger partial charge >= 0.3 is 0 Å². The van der Waals surface area contributed by atoms with E-state index in [1.807, 2.05) is 0 Å². The maximum atomic E-state index is 11.3. The van der Waals surface area contributed by atoms with Crippen LogP contribution in [0.3, 0.4) is 0 Å². The molecule has 0 aliphatic heterocycles. The van der Waals surface area contributed by atoms with E-state index in [2.05, 4.69) is 12.2 Å². The molecule has 0 saturated heterocycles. The molecule has 132 valence electrons. The summed E-state index contributed by atoms with van der Waals surface area (Å²) in [6.07, 6.45) is 18.6. The van der Waals surface area contributed by atoms with Crippen molar-refractivity contribution in [3.05, 3.63) is 0 Å². The lowest BCUT2D eigenvalue weighted by molar-refractivity contribution is -0.121. The zero-order valence-electron chi connectivity index (χ0n) is 14.9. The number of rotatable bonds is 17. The van der Waals surface area contributed by atoms with E-state index < -0.39 is 0 Å². The van der Waals surface area contributed by atoms with Gasteiger partial charge in [0.15, 0.2) is 0 Å². The van der Waals surface area contributed by atoms with Crippen molar-refractivity contribution in [3.63, 3.8) is 0 Å². The van der Waals surface area contributed by atoms with Gasteiger partial charge < -0.3 is 10.4 Å². The fourth-order valence-corrected chi connectivity index (χ4v) is 2.70. The smallest absolute Gasteiger partial charge is 0.220 e. The summed E-state index contributed by atoms with van der Waals surface area (Å²) in [6, 6.07) is 0. The summed E-state index contributed by atoms with van der Waals surface area (Å²) < 4.78 is 0. The molecular formula is C19H39NO2. The van der Waals surface area contributed by atoms with E-state index in [1.165, 1.54) is 77.0 Å². The number of amides is 1. The highest BCUT2D eigenvalue weighted by Crippen LogP contribution is 2.12. The summed E-state index contributed by atoms with van der Waals surface area (Å²) in [5, 5.41) is 11.5. The van der Waals surface area contributed by atoms with Crippen LogP contribution in [0.25, 0.3) is 0 Å². The summed E-state index contributed by atoms with van der Waals surface area (Å²) in [4.78, 5) is 11.3. The van der Waals surface area contributed by atoms with E-state index in [9.17, 15) is 4.79 Å². The molecule has 0 fully saturated rings. The lowest BCUT2D eigenvalue weighted by Crippen LogP contribution is -2.24. The molecule has 0 atom stereocenters. The Labute approximate surface area is 138 Å². The molecule has 3 nitrogen and oxygen atoms in total. The number of aliphatic hydroxyl groups excluding tert-OH is 1. The lowest BCUT2D eigenvalue weighted by Gasteiger charge is -2.05. The fourth-order valence-electron chi connectivity index (χ4n) is 2.70. The van der Waals surface area contributed by atoms with E-state index in [0.717, 1.165) is 13.0 Å². The Kier molecular flexibility index (Phi) is 18.0. The molecule has 0 aliphatic carbocycles. The maximum absolute atomic E-state index is 11.3. The van der Waals surface area contributed by atoms with Gasteiger partial charge in [0.25, 0.3) is 0 Å². The maximum Gasteiger partial charge on any atom is 0.220 e. The van der Waals surface area contributed by atoms with Crippen molar-refractivity contribution in [2.45, 2.75) is 103 Å². The van der Waals surface area contributed by atoms with Crippen molar-refractivity contribution in [2.75, 3.05) is 13.2 Å². The van der Waals surface area contributed by atoms with Gasteiger partial charge in [-0.1, -0.05) is 84.0 Å². The number of aliphatic hydroxyl groups is 1. The Hall–Kier alpha value is -0.570. The topological polar surface area (TPSA) is 49.3 Å². The van der Waals surface area contributed by atoms with E-state index in [1.54, 1.807) is 0 Å². The highest BCUT2D eigenvalue weighted by Gasteiger charge is 1.99. The first kappa shape index (κ1) is 21.4. The van der Waals surface area contributed by atoms with Crippen LogP contribution in [0.4, 0.5) is 0 Å². The Morgan fingerprint density at radius 1 is 0.727 bits per heavy atom. The molecule has 2 N–H and O–H groups in total. The van der Waals surface area contributed by atoms with Crippen molar-refractivity contribution in [1.29, 1.82) is 0 Å². The Bertz CT molecular complexity index is 231. The van der Waals surface area contributed by atoms with E-state index in [4.69, 9.17) is 5.11 Å². The van der Waals surface area contributed by atoms with Gasteiger partial charge in [0.2, 0.25) is 5.91 Å². The van der Waals surface area contributed by atoms with Crippen molar-refractivity contribution in [1.82, 2.24) is 5.32 Å². The minimum atomic E-state index is 0.0768. The van der Waals surface area contributed by atoms with Crippen molar-refractivity contribution in [3.8, 4) is 0 Å². The van der Waals surface area contributed by atoms with Gasteiger partial charge in [-0.3, -0.25) is 4.79 Å². The third-order valence-electron chi connectivity index (χ3n) is 4.16. The Morgan fingerprint density at radius 3 is 1.64 bits per heavy atom. The fraction of sp³-hybridized carbons (Fsp3) is 0.947. The predicted octanol–water partition coefficient (Wildman–Crippen LogP) is 4.97. The average Bonchev–Trinajstić information content (AvgIpc) is 2.53. The zero-order valence-corrected chi connectivity index (χ0v) is 14.9. The van der Waals surface area contributed by atoms with Crippen molar-refractivity contribution in [2.24, 2.45) is 0 Å². The Morgan fingerprint density at radius 2 is 1.18 bits per heavy atom. The van der Waals surface area contributed by atoms with Gasteiger partial charge in [0, 0.05) is 19.6 Å². The highest BCUT2D eigenvalue weighted by molar-refractivity contribution is 5.75. The molecule has 0 unspecified atom stereocenters. The molecule has 0 radical (unpaired) electrons. The van der Waals surface area contributed by atoms with Crippen LogP contribution in [0.2, 0.25) is 0 Å². The number of unbranched alkanes of at least 4 members (excludes halogenated alkanes) is 12. The molecule has 0 aromatic carbocycles. The van der Waals surface area contributed by atoms with Gasteiger partial charge in [-0.05, 0) is 12.8 Å². The third-order valence-corrected chi connectivity index (χ3v) is 4.16. The quantitative estimate of drug-likeness (QED) is 0.373. The number of carbonyl (C=O) groups excluding carboxylic acids is 1. The number of carbonyl (C=O) groups is 1.